The van der Waals surface area contributed by atoms with Gasteiger partial charge >= 0.3 is 0 Å². The summed E-state index contributed by atoms with van der Waals surface area (Å²) >= 11 is 1.70. The van der Waals surface area contributed by atoms with E-state index in [9.17, 15) is 0 Å². The molecule has 0 saturated carbocycles. The third-order valence-corrected chi connectivity index (χ3v) is 4.42. The van der Waals surface area contributed by atoms with Gasteiger partial charge in [0.1, 0.15) is 10.8 Å². The number of unbranched alkanes of at least 4 members (excludes halogenated alkanes) is 1. The van der Waals surface area contributed by atoms with Crippen molar-refractivity contribution in [2.75, 3.05) is 13.2 Å². The maximum absolute atomic E-state index is 5.76. The summed E-state index contributed by atoms with van der Waals surface area (Å²) in [4.78, 5) is 10.2. The molecule has 144 valence electrons. The lowest BCUT2D eigenvalue weighted by Crippen LogP contribution is -2.36. The fourth-order valence-corrected chi connectivity index (χ4v) is 2.95. The van der Waals surface area contributed by atoms with E-state index in [2.05, 4.69) is 53.5 Å². The molecule has 0 radical (unpaired) electrons. The average Bonchev–Trinajstić information content (AvgIpc) is 3.03. The lowest BCUT2D eigenvalue weighted by Gasteiger charge is -2.10. The van der Waals surface area contributed by atoms with E-state index < -0.39 is 0 Å². The lowest BCUT2D eigenvalue weighted by atomic mass is 10.2. The number of hydrogen-bond donors (Lipinski definition) is 2. The van der Waals surface area contributed by atoms with Gasteiger partial charge in [0, 0.05) is 17.6 Å². The molecule has 0 fully saturated rings. The summed E-state index contributed by atoms with van der Waals surface area (Å²) in [5, 5.41) is 7.67. The number of guanidine groups is 1. The number of aromatic nitrogens is 1. The number of nitrogens with one attached hydrogen (secondary N) is 2. The van der Waals surface area contributed by atoms with Gasteiger partial charge in [0.25, 0.3) is 0 Å². The quantitative estimate of drug-likeness (QED) is 0.236. The molecule has 2 rings (SSSR count). The van der Waals surface area contributed by atoms with Crippen LogP contribution in [0, 0.1) is 6.92 Å². The van der Waals surface area contributed by atoms with E-state index in [4.69, 9.17) is 4.74 Å². The van der Waals surface area contributed by atoms with Crippen molar-refractivity contribution in [2.45, 2.75) is 46.7 Å². The molecule has 0 unspecified atom stereocenters. The molecule has 0 aliphatic carbocycles. The Labute approximate surface area is 177 Å². The van der Waals surface area contributed by atoms with Crippen LogP contribution >= 0.6 is 35.3 Å². The minimum atomic E-state index is 0. The summed E-state index contributed by atoms with van der Waals surface area (Å²) in [6.45, 7) is 9.17. The second kappa shape index (κ2) is 12.9. The molecule has 0 aliphatic rings. The number of aliphatic imine (C=N–C) groups is 1. The Morgan fingerprint density at radius 1 is 1.27 bits per heavy atom. The van der Waals surface area contributed by atoms with Gasteiger partial charge in [-0.3, -0.25) is 0 Å². The molecule has 0 spiro atoms. The molecule has 5 nitrogen and oxygen atoms in total. The van der Waals surface area contributed by atoms with Gasteiger partial charge in [-0.05, 0) is 38.0 Å². The van der Waals surface area contributed by atoms with E-state index in [0.717, 1.165) is 48.3 Å². The molecular formula is C19H29IN4OS. The van der Waals surface area contributed by atoms with E-state index in [1.807, 2.05) is 18.3 Å². The SMILES string of the molecule is CCCCOc1cccc(CN=C(NCC)NCc2ncc(C)s2)c1.I. The fourth-order valence-electron chi connectivity index (χ4n) is 2.22. The molecule has 0 amide bonds. The van der Waals surface area contributed by atoms with Gasteiger partial charge in [-0.15, -0.1) is 35.3 Å². The molecule has 2 aromatic rings. The van der Waals surface area contributed by atoms with Gasteiger partial charge in [-0.25, -0.2) is 9.98 Å². The molecule has 0 bridgehead atoms. The van der Waals surface area contributed by atoms with Crippen molar-refractivity contribution in [3.05, 3.63) is 45.9 Å². The number of nitrogens with zero attached hydrogens (tertiary/aromatic N) is 2. The third-order valence-electron chi connectivity index (χ3n) is 3.51. The van der Waals surface area contributed by atoms with Crippen molar-refractivity contribution in [1.29, 1.82) is 0 Å². The number of halogens is 1. The van der Waals surface area contributed by atoms with E-state index in [1.54, 1.807) is 11.3 Å². The molecule has 1 heterocycles. The van der Waals surface area contributed by atoms with Crippen molar-refractivity contribution in [3.63, 3.8) is 0 Å². The summed E-state index contributed by atoms with van der Waals surface area (Å²) in [5.41, 5.74) is 1.14. The van der Waals surface area contributed by atoms with Crippen molar-refractivity contribution in [1.82, 2.24) is 15.6 Å². The van der Waals surface area contributed by atoms with Crippen LogP contribution in [0.25, 0.3) is 0 Å². The number of rotatable bonds is 9. The Bertz CT molecular complexity index is 675. The second-order valence-corrected chi connectivity index (χ2v) is 7.08. The molecule has 0 aliphatic heterocycles. The van der Waals surface area contributed by atoms with Crippen LogP contribution in [0.2, 0.25) is 0 Å². The average molecular weight is 488 g/mol. The highest BCUT2D eigenvalue weighted by Crippen LogP contribution is 2.15. The van der Waals surface area contributed by atoms with Crippen LogP contribution in [0.5, 0.6) is 5.75 Å². The maximum Gasteiger partial charge on any atom is 0.191 e. The first-order valence-electron chi connectivity index (χ1n) is 8.86. The van der Waals surface area contributed by atoms with Crippen LogP contribution in [-0.4, -0.2) is 24.1 Å². The van der Waals surface area contributed by atoms with Crippen LogP contribution < -0.4 is 15.4 Å². The smallest absolute Gasteiger partial charge is 0.191 e. The highest BCUT2D eigenvalue weighted by Gasteiger charge is 2.02. The molecule has 0 atom stereocenters. The van der Waals surface area contributed by atoms with Gasteiger partial charge < -0.3 is 15.4 Å². The van der Waals surface area contributed by atoms with Gasteiger partial charge in [-0.2, -0.15) is 0 Å². The number of thiazole rings is 1. The maximum atomic E-state index is 5.76. The molecule has 1 aromatic heterocycles. The lowest BCUT2D eigenvalue weighted by molar-refractivity contribution is 0.309. The fraction of sp³-hybridized carbons (Fsp3) is 0.474. The van der Waals surface area contributed by atoms with Crippen molar-refractivity contribution in [2.24, 2.45) is 4.99 Å². The predicted molar refractivity (Wildman–Crippen MR) is 121 cm³/mol. The van der Waals surface area contributed by atoms with Crippen LogP contribution in [0.3, 0.4) is 0 Å². The van der Waals surface area contributed by atoms with Gasteiger partial charge in [0.2, 0.25) is 0 Å². The monoisotopic (exact) mass is 488 g/mol. The van der Waals surface area contributed by atoms with Gasteiger partial charge in [0.05, 0.1) is 19.7 Å². The zero-order valence-corrected chi connectivity index (χ0v) is 18.9. The normalized spacial score (nSPS) is 11.0. The largest absolute Gasteiger partial charge is 0.494 e. The Morgan fingerprint density at radius 2 is 2.12 bits per heavy atom. The summed E-state index contributed by atoms with van der Waals surface area (Å²) in [5.74, 6) is 1.71. The van der Waals surface area contributed by atoms with Gasteiger partial charge in [-0.1, -0.05) is 25.5 Å². The summed E-state index contributed by atoms with van der Waals surface area (Å²) < 4.78 is 5.76. The minimum Gasteiger partial charge on any atom is -0.494 e. The second-order valence-electron chi connectivity index (χ2n) is 5.76. The van der Waals surface area contributed by atoms with E-state index in [-0.39, 0.29) is 24.0 Å². The summed E-state index contributed by atoms with van der Waals surface area (Å²) in [7, 11) is 0. The van der Waals surface area contributed by atoms with Crippen LogP contribution in [-0.2, 0) is 13.1 Å². The minimum absolute atomic E-state index is 0. The Kier molecular flexibility index (Phi) is 11.3. The van der Waals surface area contributed by atoms with Crippen molar-refractivity contribution in [3.8, 4) is 5.75 Å². The number of aryl methyl sites for hydroxylation is 1. The van der Waals surface area contributed by atoms with E-state index >= 15 is 0 Å². The molecule has 0 saturated heterocycles. The zero-order valence-electron chi connectivity index (χ0n) is 15.7. The van der Waals surface area contributed by atoms with E-state index in [1.165, 1.54) is 4.88 Å². The molecule has 1 aromatic carbocycles. The summed E-state index contributed by atoms with van der Waals surface area (Å²) in [6.07, 6.45) is 4.11. The van der Waals surface area contributed by atoms with E-state index in [0.29, 0.717) is 13.1 Å². The predicted octanol–water partition coefficient (Wildman–Crippen LogP) is 4.50. The zero-order chi connectivity index (χ0) is 17.9. The molecule has 2 N–H and O–H groups in total. The first-order valence-corrected chi connectivity index (χ1v) is 9.68. The molecular weight excluding hydrogens is 459 g/mol. The number of hydrogen-bond acceptors (Lipinski definition) is 4. The van der Waals surface area contributed by atoms with Crippen LogP contribution in [0.15, 0.2) is 35.5 Å². The third kappa shape index (κ3) is 8.35. The first-order chi connectivity index (χ1) is 12.2. The van der Waals surface area contributed by atoms with Crippen LogP contribution in [0.4, 0.5) is 0 Å². The number of ether oxygens (including phenoxy) is 1. The highest BCUT2D eigenvalue weighted by atomic mass is 127. The first kappa shape index (κ1) is 22.7. The van der Waals surface area contributed by atoms with Crippen molar-refractivity contribution >= 4 is 41.3 Å². The number of benzene rings is 1. The molecule has 7 heteroatoms. The van der Waals surface area contributed by atoms with Crippen LogP contribution in [0.1, 0.15) is 42.1 Å². The van der Waals surface area contributed by atoms with Gasteiger partial charge in [0.15, 0.2) is 5.96 Å². The Balaban J connectivity index is 0.00000338. The standard InChI is InChI=1S/C19H28N4OS.HI/c1-4-6-10-24-17-9-7-8-16(11-17)13-22-19(20-5-2)23-14-18-21-12-15(3)25-18;/h7-9,11-12H,4-6,10,13-14H2,1-3H3,(H2,20,22,23);1H. The summed E-state index contributed by atoms with van der Waals surface area (Å²) in [6, 6.07) is 8.15. The molecule has 26 heavy (non-hydrogen) atoms. The highest BCUT2D eigenvalue weighted by molar-refractivity contribution is 14.0. The van der Waals surface area contributed by atoms with Crippen molar-refractivity contribution < 1.29 is 4.74 Å². The Hall–Kier alpha value is -1.35. The Morgan fingerprint density at radius 3 is 2.81 bits per heavy atom. The topological polar surface area (TPSA) is 58.5 Å².